The lowest BCUT2D eigenvalue weighted by atomic mass is 9.95. The molecule has 102 valence electrons. The predicted molar refractivity (Wildman–Crippen MR) is 72.5 cm³/mol. The van der Waals surface area contributed by atoms with Gasteiger partial charge in [-0.15, -0.1) is 0 Å². The Labute approximate surface area is 110 Å². The lowest BCUT2D eigenvalue weighted by Gasteiger charge is -2.18. The molecule has 0 radical (unpaired) electrons. The monoisotopic (exact) mass is 251 g/mol. The molecule has 18 heavy (non-hydrogen) atoms. The minimum atomic E-state index is 0.361. The number of nitrogens with two attached hydrogens (primary N) is 1. The number of nitrogens with zero attached hydrogens (tertiary/aromatic N) is 2. The summed E-state index contributed by atoms with van der Waals surface area (Å²) in [5.41, 5.74) is 7.52. The molecular formula is C14H25N3O. The maximum atomic E-state index is 6.15. The zero-order valence-corrected chi connectivity index (χ0v) is 11.3. The van der Waals surface area contributed by atoms with Crippen LogP contribution in [0.15, 0.2) is 12.3 Å². The Morgan fingerprint density at radius 1 is 1.44 bits per heavy atom. The van der Waals surface area contributed by atoms with Crippen molar-refractivity contribution in [3.8, 4) is 0 Å². The van der Waals surface area contributed by atoms with Gasteiger partial charge in [0.15, 0.2) is 0 Å². The minimum Gasteiger partial charge on any atom is -0.385 e. The van der Waals surface area contributed by atoms with E-state index in [-0.39, 0.29) is 0 Å². The van der Waals surface area contributed by atoms with E-state index < -0.39 is 0 Å². The molecule has 2 rings (SSSR count). The van der Waals surface area contributed by atoms with E-state index in [0.29, 0.717) is 12.0 Å². The number of ether oxygens (including phenoxy) is 1. The molecule has 4 nitrogen and oxygen atoms in total. The molecule has 1 fully saturated rings. The smallest absolute Gasteiger partial charge is 0.0492 e. The van der Waals surface area contributed by atoms with Gasteiger partial charge in [-0.05, 0) is 31.7 Å². The van der Waals surface area contributed by atoms with Crippen molar-refractivity contribution >= 4 is 0 Å². The lowest BCUT2D eigenvalue weighted by Crippen LogP contribution is -2.22. The van der Waals surface area contributed by atoms with E-state index in [1.807, 2.05) is 6.20 Å². The molecular weight excluding hydrogens is 226 g/mol. The summed E-state index contributed by atoms with van der Waals surface area (Å²) >= 11 is 0. The van der Waals surface area contributed by atoms with Crippen molar-refractivity contribution in [1.82, 2.24) is 9.78 Å². The van der Waals surface area contributed by atoms with Crippen LogP contribution in [0.2, 0.25) is 0 Å². The summed E-state index contributed by atoms with van der Waals surface area (Å²) < 4.78 is 7.24. The molecule has 1 aromatic heterocycles. The van der Waals surface area contributed by atoms with E-state index in [2.05, 4.69) is 15.8 Å². The van der Waals surface area contributed by atoms with E-state index in [9.17, 15) is 0 Å². The highest BCUT2D eigenvalue weighted by Gasteiger charge is 2.21. The summed E-state index contributed by atoms with van der Waals surface area (Å²) in [7, 11) is 1.74. The highest BCUT2D eigenvalue weighted by molar-refractivity contribution is 5.09. The number of hydrogen-bond acceptors (Lipinski definition) is 3. The van der Waals surface area contributed by atoms with Gasteiger partial charge in [0.05, 0.1) is 0 Å². The average molecular weight is 251 g/mol. The fourth-order valence-electron chi connectivity index (χ4n) is 2.90. The Bertz CT molecular complexity index is 351. The Balaban J connectivity index is 2.00. The Morgan fingerprint density at radius 3 is 3.11 bits per heavy atom. The standard InChI is InChI=1S/C14H25N3O/c1-18-10-4-9-17-14(7-8-16-17)12-5-2-3-6-13(15)11-12/h7-8,12-13H,2-6,9-11,15H2,1H3. The zero-order chi connectivity index (χ0) is 12.8. The second kappa shape index (κ2) is 6.90. The molecule has 4 heteroatoms. The molecule has 0 amide bonds. The molecule has 0 saturated heterocycles. The molecule has 1 aliphatic carbocycles. The van der Waals surface area contributed by atoms with E-state index >= 15 is 0 Å². The molecule has 1 heterocycles. The van der Waals surface area contributed by atoms with Crippen LogP contribution in [-0.4, -0.2) is 29.5 Å². The maximum Gasteiger partial charge on any atom is 0.0492 e. The largest absolute Gasteiger partial charge is 0.385 e. The topological polar surface area (TPSA) is 53.1 Å². The first-order chi connectivity index (χ1) is 8.81. The third kappa shape index (κ3) is 3.56. The van der Waals surface area contributed by atoms with Gasteiger partial charge >= 0.3 is 0 Å². The quantitative estimate of drug-likeness (QED) is 0.645. The van der Waals surface area contributed by atoms with Gasteiger partial charge in [-0.3, -0.25) is 4.68 Å². The van der Waals surface area contributed by atoms with E-state index in [1.165, 1.54) is 31.4 Å². The van der Waals surface area contributed by atoms with E-state index in [4.69, 9.17) is 10.5 Å². The van der Waals surface area contributed by atoms with Crippen LogP contribution in [0.3, 0.4) is 0 Å². The normalized spacial score (nSPS) is 25.0. The van der Waals surface area contributed by atoms with Crippen LogP contribution in [-0.2, 0) is 11.3 Å². The molecule has 0 bridgehead atoms. The van der Waals surface area contributed by atoms with Crippen LogP contribution >= 0.6 is 0 Å². The summed E-state index contributed by atoms with van der Waals surface area (Å²) in [5, 5.41) is 4.44. The predicted octanol–water partition coefficient (Wildman–Crippen LogP) is 2.29. The summed E-state index contributed by atoms with van der Waals surface area (Å²) in [5.74, 6) is 0.590. The molecule has 2 N–H and O–H groups in total. The van der Waals surface area contributed by atoms with Crippen LogP contribution in [0.5, 0.6) is 0 Å². The molecule has 1 saturated carbocycles. The van der Waals surface area contributed by atoms with Crippen molar-refractivity contribution in [1.29, 1.82) is 0 Å². The molecule has 0 aliphatic heterocycles. The number of hydrogen-bond donors (Lipinski definition) is 1. The second-order valence-corrected chi connectivity index (χ2v) is 5.30. The second-order valence-electron chi connectivity index (χ2n) is 5.30. The fourth-order valence-corrected chi connectivity index (χ4v) is 2.90. The molecule has 1 aromatic rings. The van der Waals surface area contributed by atoms with Crippen molar-refractivity contribution in [3.05, 3.63) is 18.0 Å². The van der Waals surface area contributed by atoms with Crippen molar-refractivity contribution in [2.75, 3.05) is 13.7 Å². The van der Waals surface area contributed by atoms with Gasteiger partial charge in [-0.1, -0.05) is 12.8 Å². The molecule has 2 unspecified atom stereocenters. The zero-order valence-electron chi connectivity index (χ0n) is 11.3. The van der Waals surface area contributed by atoms with E-state index in [1.54, 1.807) is 7.11 Å². The average Bonchev–Trinajstić information content (AvgIpc) is 2.71. The van der Waals surface area contributed by atoms with Gasteiger partial charge in [0.25, 0.3) is 0 Å². The lowest BCUT2D eigenvalue weighted by molar-refractivity contribution is 0.188. The number of rotatable bonds is 5. The fraction of sp³-hybridized carbons (Fsp3) is 0.786. The van der Waals surface area contributed by atoms with Gasteiger partial charge in [0, 0.05) is 44.1 Å². The third-order valence-electron chi connectivity index (χ3n) is 3.85. The summed E-state index contributed by atoms with van der Waals surface area (Å²) in [6, 6.07) is 2.52. The van der Waals surface area contributed by atoms with Crippen molar-refractivity contribution in [2.24, 2.45) is 5.73 Å². The van der Waals surface area contributed by atoms with Crippen LogP contribution < -0.4 is 5.73 Å². The molecule has 1 aliphatic rings. The molecule has 0 aromatic carbocycles. The Hall–Kier alpha value is -0.870. The van der Waals surface area contributed by atoms with Gasteiger partial charge in [-0.2, -0.15) is 5.10 Å². The first-order valence-electron chi connectivity index (χ1n) is 7.07. The highest BCUT2D eigenvalue weighted by atomic mass is 16.5. The maximum absolute atomic E-state index is 6.15. The van der Waals surface area contributed by atoms with Gasteiger partial charge < -0.3 is 10.5 Å². The minimum absolute atomic E-state index is 0.361. The van der Waals surface area contributed by atoms with Crippen molar-refractivity contribution in [2.45, 2.75) is 57.0 Å². The summed E-state index contributed by atoms with van der Waals surface area (Å²) in [4.78, 5) is 0. The first-order valence-corrected chi connectivity index (χ1v) is 7.07. The van der Waals surface area contributed by atoms with Gasteiger partial charge in [-0.25, -0.2) is 0 Å². The van der Waals surface area contributed by atoms with Gasteiger partial charge in [0.2, 0.25) is 0 Å². The van der Waals surface area contributed by atoms with E-state index in [0.717, 1.165) is 26.0 Å². The first kappa shape index (κ1) is 13.6. The van der Waals surface area contributed by atoms with Crippen LogP contribution in [0.25, 0.3) is 0 Å². The third-order valence-corrected chi connectivity index (χ3v) is 3.85. The van der Waals surface area contributed by atoms with Crippen molar-refractivity contribution in [3.63, 3.8) is 0 Å². The summed E-state index contributed by atoms with van der Waals surface area (Å²) in [6.45, 7) is 1.74. The molecule has 0 spiro atoms. The highest BCUT2D eigenvalue weighted by Crippen LogP contribution is 2.31. The SMILES string of the molecule is COCCCn1nccc1C1CCCCC(N)C1. The van der Waals surface area contributed by atoms with Crippen LogP contribution in [0, 0.1) is 0 Å². The summed E-state index contributed by atoms with van der Waals surface area (Å²) in [6.07, 6.45) is 9.04. The number of methoxy groups -OCH3 is 1. The van der Waals surface area contributed by atoms with Crippen molar-refractivity contribution < 1.29 is 4.74 Å². The van der Waals surface area contributed by atoms with Crippen LogP contribution in [0.4, 0.5) is 0 Å². The van der Waals surface area contributed by atoms with Crippen LogP contribution in [0.1, 0.15) is 50.1 Å². The number of aryl methyl sites for hydroxylation is 1. The number of aromatic nitrogens is 2. The van der Waals surface area contributed by atoms with Gasteiger partial charge in [0.1, 0.15) is 0 Å². The molecule has 2 atom stereocenters. The Kier molecular flexibility index (Phi) is 5.20. The Morgan fingerprint density at radius 2 is 2.28 bits per heavy atom.